The number of hydrogen-bond donors (Lipinski definition) is 0. The number of esters is 1. The lowest BCUT2D eigenvalue weighted by molar-refractivity contribution is -0.130. The Balaban J connectivity index is 1.68. The third-order valence-electron chi connectivity index (χ3n) is 4.94. The molecule has 4 heteroatoms. The Morgan fingerprint density at radius 3 is 2.09 bits per heavy atom. The minimum atomic E-state index is -0.487. The molecule has 3 nitrogen and oxygen atoms in total. The molecule has 3 aromatic rings. The first kappa shape index (κ1) is 23.0. The second kappa shape index (κ2) is 10.6. The molecule has 0 heterocycles. The Bertz CT molecular complexity index is 1110. The van der Waals surface area contributed by atoms with Crippen molar-refractivity contribution in [3.05, 3.63) is 103 Å². The molecule has 164 valence electrons. The van der Waals surface area contributed by atoms with E-state index >= 15 is 0 Å². The summed E-state index contributed by atoms with van der Waals surface area (Å²) in [6.45, 7) is 11.4. The quantitative estimate of drug-likeness (QED) is 0.119. The van der Waals surface area contributed by atoms with Crippen LogP contribution in [0.5, 0.6) is 5.75 Å². The van der Waals surface area contributed by atoms with E-state index in [0.29, 0.717) is 29.1 Å². The van der Waals surface area contributed by atoms with Crippen molar-refractivity contribution in [2.45, 2.75) is 26.7 Å². The van der Waals surface area contributed by atoms with Crippen molar-refractivity contribution in [1.82, 2.24) is 0 Å². The van der Waals surface area contributed by atoms with Gasteiger partial charge in [-0.05, 0) is 67.1 Å². The predicted octanol–water partition coefficient (Wildman–Crippen LogP) is 7.12. The van der Waals surface area contributed by atoms with E-state index in [1.807, 2.05) is 25.1 Å². The maximum Gasteiger partial charge on any atom is 0.338 e. The van der Waals surface area contributed by atoms with Gasteiger partial charge in [-0.15, -0.1) is 0 Å². The van der Waals surface area contributed by atoms with E-state index in [-0.39, 0.29) is 5.82 Å². The number of allylic oxidation sites excluding steroid dienone is 1. The molecular formula is C28H27FO3. The van der Waals surface area contributed by atoms with Crippen molar-refractivity contribution in [3.8, 4) is 28.0 Å². The highest BCUT2D eigenvalue weighted by atomic mass is 19.1. The minimum absolute atomic E-state index is 0.310. The van der Waals surface area contributed by atoms with E-state index < -0.39 is 5.97 Å². The zero-order valence-electron chi connectivity index (χ0n) is 18.5. The standard InChI is InChI=1S/C28H27FO3/c1-19(2)28(30)32-25-14-11-23(12-15-25)26-16-13-24(18-27(26)29)22-9-7-21(8-10-22)6-5-17-31-20(3)4/h7-16,18H,1,3,5-6,17H2,2,4H3. The van der Waals surface area contributed by atoms with Gasteiger partial charge in [0.25, 0.3) is 0 Å². The highest BCUT2D eigenvalue weighted by Gasteiger charge is 2.10. The van der Waals surface area contributed by atoms with Crippen LogP contribution in [0.15, 0.2) is 91.2 Å². The molecule has 0 aliphatic carbocycles. The van der Waals surface area contributed by atoms with Crippen molar-refractivity contribution in [3.63, 3.8) is 0 Å². The molecule has 0 saturated carbocycles. The molecule has 0 saturated heterocycles. The Labute approximate surface area is 188 Å². The van der Waals surface area contributed by atoms with Crippen molar-refractivity contribution < 1.29 is 18.7 Å². The van der Waals surface area contributed by atoms with Crippen LogP contribution in [0, 0.1) is 5.82 Å². The lowest BCUT2D eigenvalue weighted by Crippen LogP contribution is -2.07. The fraction of sp³-hybridized carbons (Fsp3) is 0.179. The van der Waals surface area contributed by atoms with Crippen LogP contribution in [0.25, 0.3) is 22.3 Å². The predicted molar refractivity (Wildman–Crippen MR) is 127 cm³/mol. The number of rotatable bonds is 9. The summed E-state index contributed by atoms with van der Waals surface area (Å²) in [6.07, 6.45) is 1.83. The van der Waals surface area contributed by atoms with Crippen molar-refractivity contribution >= 4 is 5.97 Å². The lowest BCUT2D eigenvalue weighted by atomic mass is 9.98. The van der Waals surface area contributed by atoms with E-state index in [1.54, 1.807) is 43.3 Å². The summed E-state index contributed by atoms with van der Waals surface area (Å²) < 4.78 is 25.4. The average molecular weight is 431 g/mol. The van der Waals surface area contributed by atoms with E-state index in [0.717, 1.165) is 29.7 Å². The van der Waals surface area contributed by atoms with Gasteiger partial charge in [0.1, 0.15) is 11.6 Å². The number of benzene rings is 3. The average Bonchev–Trinajstić information content (AvgIpc) is 2.77. The van der Waals surface area contributed by atoms with Gasteiger partial charge in [0.15, 0.2) is 0 Å². The Hall–Kier alpha value is -3.66. The first-order chi connectivity index (χ1) is 15.3. The number of hydrogen-bond acceptors (Lipinski definition) is 3. The number of carbonyl (C=O) groups excluding carboxylic acids is 1. The van der Waals surface area contributed by atoms with Gasteiger partial charge in [0.2, 0.25) is 0 Å². The molecule has 0 aromatic heterocycles. The van der Waals surface area contributed by atoms with Crippen LogP contribution in [0.4, 0.5) is 4.39 Å². The summed E-state index contributed by atoms with van der Waals surface area (Å²) >= 11 is 0. The van der Waals surface area contributed by atoms with Crippen LogP contribution in [0.1, 0.15) is 25.8 Å². The highest BCUT2D eigenvalue weighted by molar-refractivity contribution is 5.88. The van der Waals surface area contributed by atoms with E-state index in [4.69, 9.17) is 9.47 Å². The maximum atomic E-state index is 14.9. The van der Waals surface area contributed by atoms with Crippen LogP contribution in [-0.4, -0.2) is 12.6 Å². The smallest absolute Gasteiger partial charge is 0.338 e. The molecule has 0 spiro atoms. The van der Waals surface area contributed by atoms with Gasteiger partial charge in [-0.25, -0.2) is 9.18 Å². The van der Waals surface area contributed by atoms with Gasteiger partial charge < -0.3 is 9.47 Å². The molecule has 0 aliphatic heterocycles. The summed E-state index contributed by atoms with van der Waals surface area (Å²) in [7, 11) is 0. The molecule has 0 fully saturated rings. The molecule has 0 unspecified atom stereocenters. The second-order valence-electron chi connectivity index (χ2n) is 7.74. The molecule has 0 N–H and O–H groups in total. The number of carbonyl (C=O) groups is 1. The summed E-state index contributed by atoms with van der Waals surface area (Å²) in [5.74, 6) is 0.327. The Morgan fingerprint density at radius 2 is 1.50 bits per heavy atom. The molecule has 32 heavy (non-hydrogen) atoms. The highest BCUT2D eigenvalue weighted by Crippen LogP contribution is 2.29. The van der Waals surface area contributed by atoms with E-state index in [9.17, 15) is 9.18 Å². The van der Waals surface area contributed by atoms with Crippen LogP contribution < -0.4 is 4.74 Å². The third-order valence-corrected chi connectivity index (χ3v) is 4.94. The first-order valence-corrected chi connectivity index (χ1v) is 10.5. The molecule has 0 radical (unpaired) electrons. The van der Waals surface area contributed by atoms with E-state index in [1.165, 1.54) is 5.56 Å². The third kappa shape index (κ3) is 6.17. The Morgan fingerprint density at radius 1 is 0.875 bits per heavy atom. The van der Waals surface area contributed by atoms with Gasteiger partial charge in [-0.1, -0.05) is 61.7 Å². The largest absolute Gasteiger partial charge is 0.499 e. The van der Waals surface area contributed by atoms with Crippen LogP contribution >= 0.6 is 0 Å². The van der Waals surface area contributed by atoms with E-state index in [2.05, 4.69) is 25.3 Å². The molecular weight excluding hydrogens is 403 g/mol. The fourth-order valence-corrected chi connectivity index (χ4v) is 3.21. The van der Waals surface area contributed by atoms with Crippen molar-refractivity contribution in [1.29, 1.82) is 0 Å². The Kier molecular flexibility index (Phi) is 7.61. The zero-order chi connectivity index (χ0) is 23.1. The summed E-state index contributed by atoms with van der Waals surface area (Å²) in [4.78, 5) is 11.6. The summed E-state index contributed by atoms with van der Waals surface area (Å²) in [5.41, 5.74) is 4.50. The van der Waals surface area contributed by atoms with Crippen molar-refractivity contribution in [2.24, 2.45) is 0 Å². The van der Waals surface area contributed by atoms with Gasteiger partial charge in [-0.3, -0.25) is 0 Å². The molecule has 0 atom stereocenters. The summed E-state index contributed by atoms with van der Waals surface area (Å²) in [6, 6.07) is 20.1. The normalized spacial score (nSPS) is 10.5. The fourth-order valence-electron chi connectivity index (χ4n) is 3.21. The van der Waals surface area contributed by atoms with Crippen molar-refractivity contribution in [2.75, 3.05) is 6.61 Å². The molecule has 0 amide bonds. The molecule has 3 rings (SSSR count). The minimum Gasteiger partial charge on any atom is -0.499 e. The van der Waals surface area contributed by atoms with Crippen LogP contribution in [-0.2, 0) is 16.0 Å². The van der Waals surface area contributed by atoms with Gasteiger partial charge in [-0.2, -0.15) is 0 Å². The number of halogens is 1. The monoisotopic (exact) mass is 430 g/mol. The first-order valence-electron chi connectivity index (χ1n) is 10.5. The lowest BCUT2D eigenvalue weighted by Gasteiger charge is -2.09. The van der Waals surface area contributed by atoms with Crippen LogP contribution in [0.2, 0.25) is 0 Å². The molecule has 0 aliphatic rings. The zero-order valence-corrected chi connectivity index (χ0v) is 18.5. The maximum absolute atomic E-state index is 14.9. The molecule has 0 bridgehead atoms. The SMILES string of the molecule is C=C(C)OCCCc1ccc(-c2ccc(-c3ccc(OC(=O)C(=C)C)cc3)c(F)c2)cc1. The molecule has 3 aromatic carbocycles. The van der Waals surface area contributed by atoms with Crippen LogP contribution in [0.3, 0.4) is 0 Å². The number of aryl methyl sites for hydroxylation is 1. The van der Waals surface area contributed by atoms with Gasteiger partial charge in [0, 0.05) is 11.1 Å². The van der Waals surface area contributed by atoms with Gasteiger partial charge in [0.05, 0.1) is 12.4 Å². The second-order valence-corrected chi connectivity index (χ2v) is 7.74. The summed E-state index contributed by atoms with van der Waals surface area (Å²) in [5, 5.41) is 0. The van der Waals surface area contributed by atoms with Gasteiger partial charge >= 0.3 is 5.97 Å². The topological polar surface area (TPSA) is 35.5 Å². The number of ether oxygens (including phenoxy) is 2.